The number of hydrogen-bond acceptors (Lipinski definition) is 6. The van der Waals surface area contributed by atoms with Crippen LogP contribution in [0.2, 0.25) is 0 Å². The number of aromatic nitrogens is 5. The summed E-state index contributed by atoms with van der Waals surface area (Å²) in [6, 6.07) is 11.0. The van der Waals surface area contributed by atoms with E-state index in [1.54, 1.807) is 25.1 Å². The van der Waals surface area contributed by atoms with Gasteiger partial charge in [0.05, 0.1) is 19.5 Å². The summed E-state index contributed by atoms with van der Waals surface area (Å²) in [6.07, 6.45) is 9.64. The zero-order valence-electron chi connectivity index (χ0n) is 19.7. The first-order valence-corrected chi connectivity index (χ1v) is 11.9. The van der Waals surface area contributed by atoms with Crippen molar-refractivity contribution >= 4 is 17.2 Å². The highest BCUT2D eigenvalue weighted by Gasteiger charge is 2.29. The van der Waals surface area contributed by atoms with Crippen LogP contribution in [0.4, 0.5) is 5.95 Å². The Morgan fingerprint density at radius 3 is 2.85 bits per heavy atom. The van der Waals surface area contributed by atoms with E-state index in [1.165, 1.54) is 16.7 Å². The monoisotopic (exact) mass is 452 g/mol. The van der Waals surface area contributed by atoms with Gasteiger partial charge in [0, 0.05) is 23.4 Å². The highest BCUT2D eigenvalue weighted by Crippen LogP contribution is 2.42. The minimum Gasteiger partial charge on any atom is -0.495 e. The maximum atomic E-state index is 5.38. The Balaban J connectivity index is 1.38. The van der Waals surface area contributed by atoms with Crippen LogP contribution >= 0.6 is 0 Å². The molecule has 1 aromatic carbocycles. The van der Waals surface area contributed by atoms with E-state index in [0.717, 1.165) is 48.4 Å². The van der Waals surface area contributed by atoms with Crippen LogP contribution in [0.5, 0.6) is 5.75 Å². The van der Waals surface area contributed by atoms with Crippen LogP contribution in [0.15, 0.2) is 54.5 Å². The number of anilines is 1. The van der Waals surface area contributed by atoms with Crippen molar-refractivity contribution < 1.29 is 4.74 Å². The van der Waals surface area contributed by atoms with Crippen molar-refractivity contribution in [1.29, 1.82) is 0 Å². The van der Waals surface area contributed by atoms with Crippen molar-refractivity contribution in [2.24, 2.45) is 0 Å². The normalized spacial score (nSPS) is 17.2. The molecular weight excluding hydrogens is 424 g/mol. The Morgan fingerprint density at radius 2 is 2.00 bits per heavy atom. The van der Waals surface area contributed by atoms with E-state index in [-0.39, 0.29) is 6.04 Å². The SMILES string of the molecule is COc1cncc(-c2nc(N[C@@H]3CCC4=C(C3)c3ccccc3C4)n3ncc(C(C)C)c3n2)c1. The van der Waals surface area contributed by atoms with Crippen LogP contribution in [-0.4, -0.2) is 37.7 Å². The number of hydrogen-bond donors (Lipinski definition) is 1. The van der Waals surface area contributed by atoms with Gasteiger partial charge in [-0.15, -0.1) is 0 Å². The Morgan fingerprint density at radius 1 is 1.12 bits per heavy atom. The first-order valence-electron chi connectivity index (χ1n) is 11.9. The summed E-state index contributed by atoms with van der Waals surface area (Å²) in [6.45, 7) is 4.32. The van der Waals surface area contributed by atoms with Crippen LogP contribution in [0.3, 0.4) is 0 Å². The maximum absolute atomic E-state index is 5.38. The second kappa shape index (κ2) is 8.24. The molecule has 7 nitrogen and oxygen atoms in total. The highest BCUT2D eigenvalue weighted by molar-refractivity contribution is 5.77. The molecule has 3 aromatic heterocycles. The van der Waals surface area contributed by atoms with E-state index in [0.29, 0.717) is 17.5 Å². The Bertz CT molecular complexity index is 1420. The average molecular weight is 453 g/mol. The van der Waals surface area contributed by atoms with Gasteiger partial charge in [-0.05, 0) is 54.4 Å². The number of rotatable bonds is 5. The van der Waals surface area contributed by atoms with Crippen LogP contribution in [0.1, 0.15) is 55.7 Å². The Labute approximate surface area is 198 Å². The fourth-order valence-corrected chi connectivity index (χ4v) is 5.17. The molecule has 0 bridgehead atoms. The summed E-state index contributed by atoms with van der Waals surface area (Å²) in [4.78, 5) is 14.1. The first kappa shape index (κ1) is 20.8. The van der Waals surface area contributed by atoms with Gasteiger partial charge in [0.15, 0.2) is 11.5 Å². The third kappa shape index (κ3) is 3.52. The van der Waals surface area contributed by atoms with Gasteiger partial charge in [-0.1, -0.05) is 43.7 Å². The molecule has 34 heavy (non-hydrogen) atoms. The lowest BCUT2D eigenvalue weighted by Gasteiger charge is -2.26. The van der Waals surface area contributed by atoms with Crippen molar-refractivity contribution in [3.63, 3.8) is 0 Å². The van der Waals surface area contributed by atoms with Gasteiger partial charge < -0.3 is 10.1 Å². The third-order valence-corrected chi connectivity index (χ3v) is 6.98. The predicted molar refractivity (Wildman–Crippen MR) is 133 cm³/mol. The predicted octanol–water partition coefficient (Wildman–Crippen LogP) is 5.29. The van der Waals surface area contributed by atoms with Crippen molar-refractivity contribution in [2.75, 3.05) is 12.4 Å². The molecular formula is C27H28N6O. The van der Waals surface area contributed by atoms with Crippen molar-refractivity contribution in [3.8, 4) is 17.1 Å². The van der Waals surface area contributed by atoms with Gasteiger partial charge in [-0.2, -0.15) is 14.6 Å². The molecule has 172 valence electrons. The molecule has 0 saturated heterocycles. The lowest BCUT2D eigenvalue weighted by atomic mass is 9.88. The molecule has 1 N–H and O–H groups in total. The Hall–Kier alpha value is -3.74. The zero-order valence-corrected chi connectivity index (χ0v) is 19.7. The van der Waals surface area contributed by atoms with Crippen molar-refractivity contribution in [1.82, 2.24) is 24.6 Å². The van der Waals surface area contributed by atoms with Crippen LogP contribution in [-0.2, 0) is 6.42 Å². The minimum absolute atomic E-state index is 0.283. The molecule has 0 saturated carbocycles. The van der Waals surface area contributed by atoms with Gasteiger partial charge in [0.25, 0.3) is 0 Å². The summed E-state index contributed by atoms with van der Waals surface area (Å²) in [5, 5.41) is 8.37. The summed E-state index contributed by atoms with van der Waals surface area (Å²) < 4.78 is 7.22. The topological polar surface area (TPSA) is 77.2 Å². The van der Waals surface area contributed by atoms with Crippen molar-refractivity contribution in [2.45, 2.75) is 51.5 Å². The standard InChI is InChI=1S/C27H28N6O/c1-16(2)24-15-29-33-26(24)31-25(19-11-21(34-3)14-28-13-19)32-27(33)30-20-9-8-18-10-17-6-4-5-7-22(17)23(18)12-20/h4-7,11,13-16,20H,8-10,12H2,1-3H3,(H,30,31,32)/t20-/m1/s1. The average Bonchev–Trinajstić information content (AvgIpc) is 3.46. The number of fused-ring (bicyclic) bond motifs is 3. The van der Waals surface area contributed by atoms with Crippen LogP contribution in [0, 0.1) is 0 Å². The summed E-state index contributed by atoms with van der Waals surface area (Å²) in [5.74, 6) is 2.31. The lowest BCUT2D eigenvalue weighted by Crippen LogP contribution is -2.25. The van der Waals surface area contributed by atoms with Gasteiger partial charge in [0.1, 0.15) is 5.75 Å². The van der Waals surface area contributed by atoms with E-state index in [4.69, 9.17) is 14.7 Å². The van der Waals surface area contributed by atoms with Gasteiger partial charge in [-0.25, -0.2) is 4.98 Å². The van der Waals surface area contributed by atoms with Gasteiger partial charge >= 0.3 is 0 Å². The van der Waals surface area contributed by atoms with E-state index >= 15 is 0 Å². The number of pyridine rings is 1. The number of nitrogens with one attached hydrogen (secondary N) is 1. The van der Waals surface area contributed by atoms with E-state index < -0.39 is 0 Å². The highest BCUT2D eigenvalue weighted by atomic mass is 16.5. The summed E-state index contributed by atoms with van der Waals surface area (Å²) >= 11 is 0. The fraction of sp³-hybridized carbons (Fsp3) is 0.333. The molecule has 7 heteroatoms. The summed E-state index contributed by atoms with van der Waals surface area (Å²) in [7, 11) is 1.64. The van der Waals surface area contributed by atoms with E-state index in [2.05, 4.69) is 53.5 Å². The molecule has 0 amide bonds. The number of methoxy groups -OCH3 is 1. The van der Waals surface area contributed by atoms with Gasteiger partial charge in [-0.3, -0.25) is 4.98 Å². The van der Waals surface area contributed by atoms with Gasteiger partial charge in [0.2, 0.25) is 5.95 Å². The largest absolute Gasteiger partial charge is 0.495 e. The second-order valence-corrected chi connectivity index (χ2v) is 9.47. The fourth-order valence-electron chi connectivity index (χ4n) is 5.17. The minimum atomic E-state index is 0.283. The number of benzene rings is 1. The molecule has 0 spiro atoms. The molecule has 4 aromatic rings. The Kier molecular flexibility index (Phi) is 5.05. The molecule has 2 aliphatic carbocycles. The molecule has 0 unspecified atom stereocenters. The lowest BCUT2D eigenvalue weighted by molar-refractivity contribution is 0.413. The number of nitrogens with zero attached hydrogens (tertiary/aromatic N) is 5. The van der Waals surface area contributed by atoms with E-state index in [1.807, 2.05) is 16.8 Å². The first-order chi connectivity index (χ1) is 16.6. The van der Waals surface area contributed by atoms with Crippen LogP contribution < -0.4 is 10.1 Å². The molecule has 2 aliphatic rings. The molecule has 0 fully saturated rings. The summed E-state index contributed by atoms with van der Waals surface area (Å²) in [5.41, 5.74) is 8.72. The number of allylic oxidation sites excluding steroid dienone is 1. The van der Waals surface area contributed by atoms with Crippen molar-refractivity contribution in [3.05, 3.63) is 71.2 Å². The smallest absolute Gasteiger partial charge is 0.228 e. The molecule has 0 radical (unpaired) electrons. The number of ether oxygens (including phenoxy) is 1. The molecule has 0 aliphatic heterocycles. The molecule has 6 rings (SSSR count). The third-order valence-electron chi connectivity index (χ3n) is 6.98. The quantitative estimate of drug-likeness (QED) is 0.443. The molecule has 3 heterocycles. The van der Waals surface area contributed by atoms with E-state index in [9.17, 15) is 0 Å². The maximum Gasteiger partial charge on any atom is 0.228 e. The second-order valence-electron chi connectivity index (χ2n) is 9.47. The molecule has 1 atom stereocenters. The zero-order chi connectivity index (χ0) is 23.2. The van der Waals surface area contributed by atoms with Crippen LogP contribution in [0.25, 0.3) is 22.6 Å².